The number of aliphatic hydroxyl groups is 1. The molecule has 1 unspecified atom stereocenters. The van der Waals surface area contributed by atoms with Gasteiger partial charge in [-0.2, -0.15) is 0 Å². The van der Waals surface area contributed by atoms with Crippen LogP contribution in [-0.2, 0) is 0 Å². The van der Waals surface area contributed by atoms with E-state index in [0.29, 0.717) is 6.04 Å². The van der Waals surface area contributed by atoms with Gasteiger partial charge in [0.05, 0.1) is 6.10 Å². The molecule has 0 amide bonds. The van der Waals surface area contributed by atoms with Gasteiger partial charge in [-0.25, -0.2) is 0 Å². The second kappa shape index (κ2) is 6.40. The minimum absolute atomic E-state index is 0.329. The molecule has 0 spiro atoms. The third kappa shape index (κ3) is 3.28. The molecule has 2 atom stereocenters. The Bertz CT molecular complexity index is 390. The SMILES string of the molecule is CCC1CN(c2ccc([C@@H](O)CC)cc2)CCN1C. The van der Waals surface area contributed by atoms with E-state index in [0.717, 1.165) is 31.6 Å². The first-order valence-electron chi connectivity index (χ1n) is 7.38. The van der Waals surface area contributed by atoms with Crippen molar-refractivity contribution < 1.29 is 5.11 Å². The van der Waals surface area contributed by atoms with Crippen LogP contribution >= 0.6 is 0 Å². The van der Waals surface area contributed by atoms with Gasteiger partial charge in [-0.05, 0) is 37.6 Å². The average Bonchev–Trinajstić information content (AvgIpc) is 2.47. The lowest BCUT2D eigenvalue weighted by atomic mass is 10.1. The highest BCUT2D eigenvalue weighted by molar-refractivity contribution is 5.48. The molecule has 1 aromatic rings. The number of hydrogen-bond donors (Lipinski definition) is 1. The van der Waals surface area contributed by atoms with Gasteiger partial charge in [-0.1, -0.05) is 26.0 Å². The predicted octanol–water partition coefficient (Wildman–Crippen LogP) is 2.66. The quantitative estimate of drug-likeness (QED) is 0.903. The van der Waals surface area contributed by atoms with E-state index in [1.54, 1.807) is 0 Å². The van der Waals surface area contributed by atoms with Crippen LogP contribution in [0.1, 0.15) is 38.4 Å². The van der Waals surface area contributed by atoms with Crippen molar-refractivity contribution >= 4 is 5.69 Å². The van der Waals surface area contributed by atoms with Crippen LogP contribution in [0.4, 0.5) is 5.69 Å². The number of anilines is 1. The molecule has 0 bridgehead atoms. The smallest absolute Gasteiger partial charge is 0.0787 e. The van der Waals surface area contributed by atoms with Crippen LogP contribution in [0, 0.1) is 0 Å². The molecular weight excluding hydrogens is 236 g/mol. The van der Waals surface area contributed by atoms with Crippen molar-refractivity contribution in [3.8, 4) is 0 Å². The fourth-order valence-electron chi connectivity index (χ4n) is 2.76. The summed E-state index contributed by atoms with van der Waals surface area (Å²) in [6, 6.07) is 9.05. The third-order valence-corrected chi connectivity index (χ3v) is 4.28. The van der Waals surface area contributed by atoms with Gasteiger partial charge in [0.25, 0.3) is 0 Å². The van der Waals surface area contributed by atoms with E-state index in [1.807, 2.05) is 6.92 Å². The van der Waals surface area contributed by atoms with Crippen LogP contribution in [0.2, 0.25) is 0 Å². The van der Waals surface area contributed by atoms with Gasteiger partial charge in [0.15, 0.2) is 0 Å². The summed E-state index contributed by atoms with van der Waals surface area (Å²) in [7, 11) is 2.21. The molecule has 3 heteroatoms. The monoisotopic (exact) mass is 262 g/mol. The highest BCUT2D eigenvalue weighted by Gasteiger charge is 2.22. The number of benzene rings is 1. The lowest BCUT2D eigenvalue weighted by Gasteiger charge is -2.40. The van der Waals surface area contributed by atoms with Crippen molar-refractivity contribution in [2.24, 2.45) is 0 Å². The molecule has 19 heavy (non-hydrogen) atoms. The van der Waals surface area contributed by atoms with Gasteiger partial charge in [0.1, 0.15) is 0 Å². The Labute approximate surface area is 116 Å². The van der Waals surface area contributed by atoms with Gasteiger partial charge < -0.3 is 10.0 Å². The molecule has 1 fully saturated rings. The number of likely N-dealkylation sites (N-methyl/N-ethyl adjacent to an activating group) is 1. The van der Waals surface area contributed by atoms with Gasteiger partial charge in [0.2, 0.25) is 0 Å². The first-order chi connectivity index (χ1) is 9.15. The first kappa shape index (κ1) is 14.4. The van der Waals surface area contributed by atoms with Crippen molar-refractivity contribution in [2.45, 2.75) is 38.8 Å². The Morgan fingerprint density at radius 1 is 1.21 bits per heavy atom. The summed E-state index contributed by atoms with van der Waals surface area (Å²) < 4.78 is 0. The van der Waals surface area contributed by atoms with Crippen molar-refractivity contribution in [3.63, 3.8) is 0 Å². The van der Waals surface area contributed by atoms with E-state index in [9.17, 15) is 5.11 Å². The van der Waals surface area contributed by atoms with E-state index in [-0.39, 0.29) is 6.10 Å². The van der Waals surface area contributed by atoms with Gasteiger partial charge in [0, 0.05) is 31.4 Å². The summed E-state index contributed by atoms with van der Waals surface area (Å²) in [5.41, 5.74) is 2.30. The first-order valence-corrected chi connectivity index (χ1v) is 7.38. The summed E-state index contributed by atoms with van der Waals surface area (Å²) in [6.45, 7) is 7.57. The summed E-state index contributed by atoms with van der Waals surface area (Å²) in [5, 5.41) is 9.83. The van der Waals surface area contributed by atoms with E-state index in [2.05, 4.69) is 48.0 Å². The van der Waals surface area contributed by atoms with Crippen molar-refractivity contribution in [3.05, 3.63) is 29.8 Å². The molecule has 1 N–H and O–H groups in total. The molecule has 1 aliphatic heterocycles. The maximum Gasteiger partial charge on any atom is 0.0787 e. The molecule has 1 heterocycles. The van der Waals surface area contributed by atoms with Crippen LogP contribution < -0.4 is 4.90 Å². The zero-order valence-corrected chi connectivity index (χ0v) is 12.3. The lowest BCUT2D eigenvalue weighted by Crippen LogP contribution is -2.51. The molecule has 2 rings (SSSR count). The van der Waals surface area contributed by atoms with Crippen molar-refractivity contribution in [1.82, 2.24) is 4.90 Å². The fourth-order valence-corrected chi connectivity index (χ4v) is 2.76. The number of rotatable bonds is 4. The van der Waals surface area contributed by atoms with Crippen LogP contribution in [-0.4, -0.2) is 42.7 Å². The summed E-state index contributed by atoms with van der Waals surface area (Å²) in [6.07, 6.45) is 1.63. The summed E-state index contributed by atoms with van der Waals surface area (Å²) in [4.78, 5) is 4.90. The van der Waals surface area contributed by atoms with Crippen LogP contribution in [0.5, 0.6) is 0 Å². The van der Waals surface area contributed by atoms with Gasteiger partial charge >= 0.3 is 0 Å². The molecule has 0 saturated carbocycles. The topological polar surface area (TPSA) is 26.7 Å². The molecule has 0 radical (unpaired) electrons. The maximum atomic E-state index is 9.83. The highest BCUT2D eigenvalue weighted by atomic mass is 16.3. The predicted molar refractivity (Wildman–Crippen MR) is 80.6 cm³/mol. The third-order valence-electron chi connectivity index (χ3n) is 4.28. The Balaban J connectivity index is 2.06. The normalized spacial score (nSPS) is 22.5. The second-order valence-corrected chi connectivity index (χ2v) is 5.50. The molecule has 1 aromatic carbocycles. The minimum atomic E-state index is -0.329. The van der Waals surface area contributed by atoms with Crippen LogP contribution in [0.15, 0.2) is 24.3 Å². The Morgan fingerprint density at radius 2 is 1.89 bits per heavy atom. The number of hydrogen-bond acceptors (Lipinski definition) is 3. The largest absolute Gasteiger partial charge is 0.388 e. The zero-order valence-electron chi connectivity index (χ0n) is 12.3. The van der Waals surface area contributed by atoms with Crippen LogP contribution in [0.25, 0.3) is 0 Å². The Morgan fingerprint density at radius 3 is 2.47 bits per heavy atom. The molecule has 106 valence electrons. The van der Waals surface area contributed by atoms with Crippen LogP contribution in [0.3, 0.4) is 0 Å². The summed E-state index contributed by atoms with van der Waals surface area (Å²) >= 11 is 0. The molecular formula is C16H26N2O. The second-order valence-electron chi connectivity index (χ2n) is 5.50. The van der Waals surface area contributed by atoms with Crippen molar-refractivity contribution in [2.75, 3.05) is 31.6 Å². The minimum Gasteiger partial charge on any atom is -0.388 e. The number of nitrogens with zero attached hydrogens (tertiary/aromatic N) is 2. The molecule has 0 aliphatic carbocycles. The number of piperazine rings is 1. The Hall–Kier alpha value is -1.06. The highest BCUT2D eigenvalue weighted by Crippen LogP contribution is 2.23. The van der Waals surface area contributed by atoms with E-state index in [4.69, 9.17) is 0 Å². The van der Waals surface area contributed by atoms with E-state index < -0.39 is 0 Å². The maximum absolute atomic E-state index is 9.83. The van der Waals surface area contributed by atoms with Gasteiger partial charge in [-0.15, -0.1) is 0 Å². The number of aliphatic hydroxyl groups excluding tert-OH is 1. The fraction of sp³-hybridized carbons (Fsp3) is 0.625. The van der Waals surface area contributed by atoms with Crippen molar-refractivity contribution in [1.29, 1.82) is 0 Å². The lowest BCUT2D eigenvalue weighted by molar-refractivity contribution is 0.173. The Kier molecular flexibility index (Phi) is 4.83. The van der Waals surface area contributed by atoms with Gasteiger partial charge in [-0.3, -0.25) is 4.90 Å². The van der Waals surface area contributed by atoms with E-state index in [1.165, 1.54) is 12.1 Å². The standard InChI is InChI=1S/C16H26N2O/c1-4-14-12-18(11-10-17(14)3)15-8-6-13(7-9-15)16(19)5-2/h6-9,14,16,19H,4-5,10-12H2,1-3H3/t14?,16-/m0/s1. The zero-order chi connectivity index (χ0) is 13.8. The molecule has 1 aliphatic rings. The van der Waals surface area contributed by atoms with E-state index >= 15 is 0 Å². The average molecular weight is 262 g/mol. The summed E-state index contributed by atoms with van der Waals surface area (Å²) in [5.74, 6) is 0. The molecule has 1 saturated heterocycles. The molecule has 0 aromatic heterocycles. The molecule has 3 nitrogen and oxygen atoms in total.